The fourth-order valence-electron chi connectivity index (χ4n) is 4.40. The van der Waals surface area contributed by atoms with E-state index in [1.165, 1.54) is 30.1 Å². The van der Waals surface area contributed by atoms with Crippen molar-refractivity contribution in [3.63, 3.8) is 0 Å². The number of fused-ring (bicyclic) bond motifs is 1. The first-order valence-corrected chi connectivity index (χ1v) is 13.7. The Bertz CT molecular complexity index is 1330. The molecule has 1 heterocycles. The highest BCUT2D eigenvalue weighted by Crippen LogP contribution is 2.39. The molecule has 0 radical (unpaired) electrons. The van der Waals surface area contributed by atoms with Crippen LogP contribution in [0, 0.1) is 0 Å². The molecule has 1 atom stereocenters. The molecule has 11 nitrogen and oxygen atoms in total. The van der Waals surface area contributed by atoms with Crippen molar-refractivity contribution in [1.29, 1.82) is 0 Å². The summed E-state index contributed by atoms with van der Waals surface area (Å²) in [7, 11) is -3.29. The topological polar surface area (TPSA) is 165 Å². The number of rotatable bonds is 10. The summed E-state index contributed by atoms with van der Waals surface area (Å²) in [5, 5.41) is 26.9. The van der Waals surface area contributed by atoms with Crippen molar-refractivity contribution in [3.8, 4) is 5.75 Å². The van der Waals surface area contributed by atoms with E-state index in [0.29, 0.717) is 6.42 Å². The maximum Gasteiger partial charge on any atom is 0.415 e. The van der Waals surface area contributed by atoms with Crippen molar-refractivity contribution in [2.75, 3.05) is 30.8 Å². The van der Waals surface area contributed by atoms with Crippen molar-refractivity contribution in [3.05, 3.63) is 59.2 Å². The molecule has 0 saturated carbocycles. The number of benzene rings is 2. The number of cyclic esters (lactones) is 1. The zero-order valence-corrected chi connectivity index (χ0v) is 22.9. The van der Waals surface area contributed by atoms with Crippen LogP contribution in [0.2, 0.25) is 0 Å². The Hall–Kier alpha value is -3.19. The van der Waals surface area contributed by atoms with E-state index in [0.717, 1.165) is 11.3 Å². The highest BCUT2D eigenvalue weighted by Gasteiger charge is 2.40. The van der Waals surface area contributed by atoms with Crippen LogP contribution < -0.4 is 15.5 Å². The van der Waals surface area contributed by atoms with Gasteiger partial charge in [0.05, 0.1) is 11.3 Å². The van der Waals surface area contributed by atoms with Gasteiger partial charge in [-0.25, -0.2) is 4.79 Å². The number of carbonyl (C=O) groups excluding carboxylic acids is 2. The summed E-state index contributed by atoms with van der Waals surface area (Å²) < 4.78 is 38.8. The monoisotopic (exact) mass is 549 g/mol. The molecule has 0 aromatic heterocycles. The molecule has 38 heavy (non-hydrogen) atoms. The minimum atomic E-state index is -4.65. The molecule has 2 amide bonds. The van der Waals surface area contributed by atoms with Gasteiger partial charge < -0.3 is 25.6 Å². The Morgan fingerprint density at radius 1 is 1.16 bits per heavy atom. The molecule has 0 aliphatic carbocycles. The van der Waals surface area contributed by atoms with Gasteiger partial charge in [-0.2, -0.15) is 8.42 Å². The number of hydrogen-bond acceptors (Lipinski definition) is 8. The Balaban J connectivity index is 1.82. The molecule has 12 heteroatoms. The molecular weight excluding hydrogens is 514 g/mol. The van der Waals surface area contributed by atoms with E-state index < -0.39 is 44.6 Å². The van der Waals surface area contributed by atoms with Gasteiger partial charge in [-0.1, -0.05) is 24.3 Å². The lowest BCUT2D eigenvalue weighted by Gasteiger charge is -2.40. The van der Waals surface area contributed by atoms with Gasteiger partial charge in [-0.3, -0.25) is 14.2 Å². The van der Waals surface area contributed by atoms with Crippen LogP contribution in [0.25, 0.3) is 0 Å². The van der Waals surface area contributed by atoms with E-state index in [-0.39, 0.29) is 30.0 Å². The van der Waals surface area contributed by atoms with Crippen molar-refractivity contribution in [1.82, 2.24) is 10.6 Å². The Kier molecular flexibility index (Phi) is 8.13. The molecule has 1 unspecified atom stereocenters. The summed E-state index contributed by atoms with van der Waals surface area (Å²) in [5.74, 6) is -2.04. The molecule has 208 valence electrons. The normalized spacial score (nSPS) is 16.8. The molecule has 5 N–H and O–H groups in total. The van der Waals surface area contributed by atoms with E-state index in [1.54, 1.807) is 0 Å². The maximum atomic E-state index is 12.8. The SMILES string of the molecule is CNC(=O)c1cc(C(O)(CNC(C)(C)CCN2C(=O)OC(C)(C)c3ccccc32)CS(=O)(=O)O)ccc1O. The van der Waals surface area contributed by atoms with E-state index in [1.807, 2.05) is 52.0 Å². The third-order valence-corrected chi connectivity index (χ3v) is 7.50. The molecular formula is C26H35N3O8S. The largest absolute Gasteiger partial charge is 0.507 e. The lowest BCUT2D eigenvalue weighted by Crippen LogP contribution is -2.52. The molecule has 1 aliphatic heterocycles. The lowest BCUT2D eigenvalue weighted by atomic mass is 9.91. The van der Waals surface area contributed by atoms with Crippen LogP contribution in [-0.4, -0.2) is 66.6 Å². The number of nitrogens with one attached hydrogen (secondary N) is 2. The van der Waals surface area contributed by atoms with Crippen molar-refractivity contribution < 1.29 is 37.5 Å². The van der Waals surface area contributed by atoms with Gasteiger partial charge in [0.25, 0.3) is 16.0 Å². The predicted octanol–water partition coefficient (Wildman–Crippen LogP) is 2.48. The number of hydrogen-bond donors (Lipinski definition) is 5. The standard InChI is InChI=1S/C26H35N3O8S/c1-24(2,12-13-29-20-9-7-6-8-19(20)25(3,4)37-23(29)32)28-15-26(33,16-38(34,35)36)17-10-11-21(30)18(14-17)22(31)27-5/h6-11,14,28,30,33H,12-13,15-16H2,1-5H3,(H,27,31)(H,34,35,36). The van der Waals surface area contributed by atoms with Gasteiger partial charge in [-0.15, -0.1) is 0 Å². The fourth-order valence-corrected chi connectivity index (χ4v) is 5.27. The zero-order valence-electron chi connectivity index (χ0n) is 22.1. The number of β-amino-alcohol motifs (C(OH)–C–C–N with tert-alkyl or cyclic N) is 1. The predicted molar refractivity (Wildman–Crippen MR) is 142 cm³/mol. The molecule has 1 aliphatic rings. The number of nitrogens with zero attached hydrogens (tertiary/aromatic N) is 1. The Morgan fingerprint density at radius 2 is 1.82 bits per heavy atom. The Labute approximate surface area is 222 Å². The highest BCUT2D eigenvalue weighted by molar-refractivity contribution is 7.85. The molecule has 0 fully saturated rings. The number of phenolic OH excluding ortho intramolecular Hbond substituents is 1. The van der Waals surface area contributed by atoms with Crippen LogP contribution in [0.15, 0.2) is 42.5 Å². The maximum absolute atomic E-state index is 12.8. The summed E-state index contributed by atoms with van der Waals surface area (Å²) in [5.41, 5.74) is -2.21. The summed E-state index contributed by atoms with van der Waals surface area (Å²) >= 11 is 0. The number of aliphatic hydroxyl groups is 1. The summed E-state index contributed by atoms with van der Waals surface area (Å²) in [6.07, 6.45) is -0.101. The van der Waals surface area contributed by atoms with E-state index in [2.05, 4.69) is 10.6 Å². The van der Waals surface area contributed by atoms with E-state index in [9.17, 15) is 32.8 Å². The van der Waals surface area contributed by atoms with Gasteiger partial charge in [-0.05, 0) is 57.9 Å². The fraction of sp³-hybridized carbons (Fsp3) is 0.462. The van der Waals surface area contributed by atoms with E-state index in [4.69, 9.17) is 4.74 Å². The number of carbonyl (C=O) groups is 2. The van der Waals surface area contributed by atoms with Crippen LogP contribution in [0.5, 0.6) is 5.75 Å². The summed E-state index contributed by atoms with van der Waals surface area (Å²) in [6.45, 7) is 7.22. The second kappa shape index (κ2) is 10.5. The third kappa shape index (κ3) is 6.62. The van der Waals surface area contributed by atoms with Crippen LogP contribution in [0.3, 0.4) is 0 Å². The smallest absolute Gasteiger partial charge is 0.415 e. The first-order valence-electron chi connectivity index (χ1n) is 12.1. The van der Waals surface area contributed by atoms with Crippen molar-refractivity contribution >= 4 is 27.8 Å². The second-order valence-electron chi connectivity index (χ2n) is 10.6. The Morgan fingerprint density at radius 3 is 2.45 bits per heavy atom. The minimum absolute atomic E-state index is 0.00518. The van der Waals surface area contributed by atoms with Gasteiger partial charge in [0.1, 0.15) is 22.7 Å². The average molecular weight is 550 g/mol. The van der Waals surface area contributed by atoms with Crippen LogP contribution in [0.4, 0.5) is 10.5 Å². The van der Waals surface area contributed by atoms with Gasteiger partial charge in [0.2, 0.25) is 0 Å². The average Bonchev–Trinajstić information content (AvgIpc) is 2.81. The molecule has 0 spiro atoms. The van der Waals surface area contributed by atoms with Gasteiger partial charge in [0, 0.05) is 31.2 Å². The quantitative estimate of drug-likeness (QED) is 0.280. The number of phenols is 1. The van der Waals surface area contributed by atoms with Crippen LogP contribution in [-0.2, 0) is 26.1 Å². The first kappa shape index (κ1) is 29.4. The van der Waals surface area contributed by atoms with Crippen molar-refractivity contribution in [2.24, 2.45) is 0 Å². The number of ether oxygens (including phenoxy) is 1. The van der Waals surface area contributed by atoms with Crippen LogP contribution >= 0.6 is 0 Å². The van der Waals surface area contributed by atoms with Crippen LogP contribution in [0.1, 0.15) is 55.6 Å². The number of aromatic hydroxyl groups is 1. The molecule has 0 bridgehead atoms. The molecule has 3 rings (SSSR count). The lowest BCUT2D eigenvalue weighted by molar-refractivity contribution is 0.0340. The number of amides is 2. The van der Waals surface area contributed by atoms with Gasteiger partial charge >= 0.3 is 6.09 Å². The number of para-hydroxylation sites is 1. The minimum Gasteiger partial charge on any atom is -0.507 e. The molecule has 0 saturated heterocycles. The first-order chi connectivity index (χ1) is 17.5. The molecule has 2 aromatic rings. The van der Waals surface area contributed by atoms with Gasteiger partial charge in [0.15, 0.2) is 0 Å². The molecule has 2 aromatic carbocycles. The second-order valence-corrected chi connectivity index (χ2v) is 12.1. The number of anilines is 1. The van der Waals surface area contributed by atoms with E-state index >= 15 is 0 Å². The zero-order chi connectivity index (χ0) is 28.5. The third-order valence-electron chi connectivity index (χ3n) is 6.65. The summed E-state index contributed by atoms with van der Waals surface area (Å²) in [6, 6.07) is 11.1. The summed E-state index contributed by atoms with van der Waals surface area (Å²) in [4.78, 5) is 26.4. The highest BCUT2D eigenvalue weighted by atomic mass is 32.2. The van der Waals surface area contributed by atoms with Crippen molar-refractivity contribution in [2.45, 2.75) is 50.9 Å².